The second kappa shape index (κ2) is 10.3. The average Bonchev–Trinajstić information content (AvgIpc) is 2.82. The number of hydrogen-bond acceptors (Lipinski definition) is 9. The molecule has 0 aliphatic carbocycles. The van der Waals surface area contributed by atoms with Crippen molar-refractivity contribution in [3.8, 4) is 5.75 Å². The van der Waals surface area contributed by atoms with Crippen molar-refractivity contribution in [1.82, 2.24) is 14.9 Å². The minimum atomic E-state index is -0.678. The maximum Gasteiger partial charge on any atom is 0.252 e. The summed E-state index contributed by atoms with van der Waals surface area (Å²) in [5, 5.41) is 18.8. The zero-order valence-electron chi connectivity index (χ0n) is 19.6. The number of likely N-dealkylation sites (N-methyl/N-ethyl adjacent to an activating group) is 1. The molecule has 0 spiro atoms. The zero-order valence-corrected chi connectivity index (χ0v) is 19.6. The van der Waals surface area contributed by atoms with Gasteiger partial charge in [0.2, 0.25) is 5.91 Å². The van der Waals surface area contributed by atoms with Crippen LogP contribution in [0.2, 0.25) is 0 Å². The number of benzene rings is 1. The Bertz CT molecular complexity index is 1220. The Morgan fingerprint density at radius 2 is 1.66 bits per heavy atom. The first-order valence-corrected chi connectivity index (χ1v) is 11.1. The monoisotopic (exact) mass is 476 g/mol. The van der Waals surface area contributed by atoms with Crippen LogP contribution in [-0.4, -0.2) is 65.0 Å². The third-order valence-corrected chi connectivity index (χ3v) is 5.63. The van der Waals surface area contributed by atoms with Crippen LogP contribution in [0.1, 0.15) is 17.3 Å². The van der Waals surface area contributed by atoms with Crippen molar-refractivity contribution in [1.29, 1.82) is 0 Å². The Morgan fingerprint density at radius 3 is 2.31 bits per heavy atom. The highest BCUT2D eigenvalue weighted by Gasteiger charge is 2.16. The number of phenolic OH excluding ortho intramolecular Hbond substituents is 1. The standard InChI is InChI=1S/C24H28N8O3/c1-15(33)28-19-5-4-17(34)11-21(19)29-20-12-23(27-14-18(20)24(25)35)30-22-6-3-16(13-26-22)32-9-7-31(2)8-10-32/h3-6,11-14,34H,7-10H2,1-2H3,(H2,25,35)(H,28,33)(H2,26,27,29,30). The van der Waals surface area contributed by atoms with E-state index in [2.05, 4.69) is 42.8 Å². The van der Waals surface area contributed by atoms with E-state index in [1.54, 1.807) is 12.1 Å². The van der Waals surface area contributed by atoms with Gasteiger partial charge < -0.3 is 36.6 Å². The molecule has 35 heavy (non-hydrogen) atoms. The molecule has 1 aliphatic heterocycles. The smallest absolute Gasteiger partial charge is 0.252 e. The molecule has 0 saturated carbocycles. The predicted octanol–water partition coefficient (Wildman–Crippen LogP) is 2.48. The van der Waals surface area contributed by atoms with Gasteiger partial charge in [0.25, 0.3) is 5.91 Å². The van der Waals surface area contributed by atoms with Crippen molar-refractivity contribution in [3.63, 3.8) is 0 Å². The van der Waals surface area contributed by atoms with Gasteiger partial charge in [-0.2, -0.15) is 0 Å². The number of nitrogens with two attached hydrogens (primary N) is 1. The Kier molecular flexibility index (Phi) is 6.97. The summed E-state index contributed by atoms with van der Waals surface area (Å²) in [6.07, 6.45) is 3.17. The summed E-state index contributed by atoms with van der Waals surface area (Å²) in [4.78, 5) is 36.9. The lowest BCUT2D eigenvalue weighted by molar-refractivity contribution is -0.114. The van der Waals surface area contributed by atoms with E-state index in [-0.39, 0.29) is 17.2 Å². The second-order valence-corrected chi connectivity index (χ2v) is 8.33. The van der Waals surface area contributed by atoms with Crippen molar-refractivity contribution in [2.24, 2.45) is 5.73 Å². The summed E-state index contributed by atoms with van der Waals surface area (Å²) in [7, 11) is 2.11. The largest absolute Gasteiger partial charge is 0.508 e. The second-order valence-electron chi connectivity index (χ2n) is 8.33. The van der Waals surface area contributed by atoms with E-state index in [9.17, 15) is 14.7 Å². The highest BCUT2D eigenvalue weighted by Crippen LogP contribution is 2.32. The van der Waals surface area contributed by atoms with Crippen LogP contribution in [0.5, 0.6) is 5.75 Å². The number of aromatic hydroxyl groups is 1. The number of primary amides is 1. The lowest BCUT2D eigenvalue weighted by atomic mass is 10.2. The van der Waals surface area contributed by atoms with Gasteiger partial charge in [0.15, 0.2) is 0 Å². The molecule has 182 valence electrons. The molecule has 0 bridgehead atoms. The number of carbonyl (C=O) groups is 2. The number of anilines is 6. The van der Waals surface area contributed by atoms with Crippen molar-refractivity contribution in [2.75, 3.05) is 54.1 Å². The molecule has 2 amide bonds. The number of nitrogens with one attached hydrogen (secondary N) is 3. The molecule has 0 unspecified atom stereocenters. The first kappa shape index (κ1) is 23.8. The van der Waals surface area contributed by atoms with E-state index in [0.717, 1.165) is 31.9 Å². The van der Waals surface area contributed by atoms with Gasteiger partial charge in [-0.1, -0.05) is 0 Å². The first-order valence-electron chi connectivity index (χ1n) is 11.1. The predicted molar refractivity (Wildman–Crippen MR) is 136 cm³/mol. The number of rotatable bonds is 7. The minimum absolute atomic E-state index is 0.0146. The molecule has 1 saturated heterocycles. The van der Waals surface area contributed by atoms with Crippen LogP contribution in [0, 0.1) is 0 Å². The van der Waals surface area contributed by atoms with Crippen LogP contribution >= 0.6 is 0 Å². The Morgan fingerprint density at radius 1 is 0.914 bits per heavy atom. The van der Waals surface area contributed by atoms with Gasteiger partial charge in [0, 0.05) is 51.4 Å². The quantitative estimate of drug-likeness (QED) is 0.324. The molecule has 6 N–H and O–H groups in total. The van der Waals surface area contributed by atoms with Crippen LogP contribution < -0.4 is 26.6 Å². The fraction of sp³-hybridized carbons (Fsp3) is 0.250. The van der Waals surface area contributed by atoms with Gasteiger partial charge in [0.1, 0.15) is 17.4 Å². The molecule has 0 radical (unpaired) electrons. The van der Waals surface area contributed by atoms with Gasteiger partial charge >= 0.3 is 0 Å². The van der Waals surface area contributed by atoms with Crippen LogP contribution in [-0.2, 0) is 4.79 Å². The van der Waals surface area contributed by atoms with Crippen molar-refractivity contribution < 1.29 is 14.7 Å². The molecule has 11 heteroatoms. The highest BCUT2D eigenvalue weighted by molar-refractivity contribution is 6.01. The van der Waals surface area contributed by atoms with Gasteiger partial charge in [-0.05, 0) is 31.3 Å². The molecule has 1 aliphatic rings. The number of aromatic nitrogens is 2. The number of amides is 2. The third-order valence-electron chi connectivity index (χ3n) is 5.63. The number of piperazine rings is 1. The molecular weight excluding hydrogens is 448 g/mol. The lowest BCUT2D eigenvalue weighted by Gasteiger charge is -2.33. The van der Waals surface area contributed by atoms with Gasteiger partial charge in [-0.3, -0.25) is 9.59 Å². The maximum atomic E-state index is 12.0. The lowest BCUT2D eigenvalue weighted by Crippen LogP contribution is -2.44. The topological polar surface area (TPSA) is 149 Å². The van der Waals surface area contributed by atoms with Crippen LogP contribution in [0.15, 0.2) is 48.8 Å². The normalized spacial score (nSPS) is 13.8. The van der Waals surface area contributed by atoms with E-state index >= 15 is 0 Å². The van der Waals surface area contributed by atoms with Gasteiger partial charge in [-0.15, -0.1) is 0 Å². The number of carbonyl (C=O) groups excluding carboxylic acids is 2. The Labute approximate surface area is 203 Å². The third kappa shape index (κ3) is 5.95. The van der Waals surface area contributed by atoms with Crippen molar-refractivity contribution in [2.45, 2.75) is 6.92 Å². The average molecular weight is 477 g/mol. The fourth-order valence-electron chi connectivity index (χ4n) is 3.75. The maximum absolute atomic E-state index is 12.0. The first-order chi connectivity index (χ1) is 16.8. The molecule has 3 aromatic rings. The number of phenols is 1. The van der Waals surface area contributed by atoms with E-state index < -0.39 is 5.91 Å². The van der Waals surface area contributed by atoms with E-state index in [1.165, 1.54) is 25.3 Å². The van der Waals surface area contributed by atoms with Crippen molar-refractivity contribution in [3.05, 3.63) is 54.4 Å². The summed E-state index contributed by atoms with van der Waals surface area (Å²) < 4.78 is 0. The number of nitrogens with zero attached hydrogens (tertiary/aromatic N) is 4. The van der Waals surface area contributed by atoms with Crippen molar-refractivity contribution >= 4 is 46.2 Å². The van der Waals surface area contributed by atoms with Gasteiger partial charge in [0.05, 0.1) is 34.5 Å². The molecule has 1 aromatic carbocycles. The minimum Gasteiger partial charge on any atom is -0.508 e. The van der Waals surface area contributed by atoms with Crippen LogP contribution in [0.25, 0.3) is 0 Å². The zero-order chi connectivity index (χ0) is 24.9. The van der Waals surface area contributed by atoms with Crippen LogP contribution in [0.4, 0.5) is 34.4 Å². The SMILES string of the molecule is CC(=O)Nc1ccc(O)cc1Nc1cc(Nc2ccc(N3CCN(C)CC3)cn2)ncc1C(N)=O. The number of hydrogen-bond donors (Lipinski definition) is 5. The number of pyridine rings is 2. The Hall–Kier alpha value is -4.38. The summed E-state index contributed by atoms with van der Waals surface area (Å²) in [6.45, 7) is 5.29. The molecule has 3 heterocycles. The summed E-state index contributed by atoms with van der Waals surface area (Å²) in [6, 6.07) is 9.91. The highest BCUT2D eigenvalue weighted by atomic mass is 16.3. The summed E-state index contributed by atoms with van der Waals surface area (Å²) in [5.74, 6) is 0.0433. The molecule has 11 nitrogen and oxygen atoms in total. The Balaban J connectivity index is 1.56. The summed E-state index contributed by atoms with van der Waals surface area (Å²) >= 11 is 0. The molecule has 4 rings (SSSR count). The van der Waals surface area contributed by atoms with E-state index in [0.29, 0.717) is 28.7 Å². The molecule has 2 aromatic heterocycles. The fourth-order valence-corrected chi connectivity index (χ4v) is 3.75. The van der Waals surface area contributed by atoms with E-state index in [1.807, 2.05) is 18.3 Å². The van der Waals surface area contributed by atoms with Gasteiger partial charge in [-0.25, -0.2) is 9.97 Å². The molecule has 0 atom stereocenters. The molecular formula is C24H28N8O3. The molecule has 1 fully saturated rings. The van der Waals surface area contributed by atoms with Crippen LogP contribution in [0.3, 0.4) is 0 Å². The summed E-state index contributed by atoms with van der Waals surface area (Å²) in [5.41, 5.74) is 7.90. The van der Waals surface area contributed by atoms with E-state index in [4.69, 9.17) is 5.73 Å².